The summed E-state index contributed by atoms with van der Waals surface area (Å²) in [5.74, 6) is 0.795. The van der Waals surface area contributed by atoms with E-state index in [2.05, 4.69) is 4.98 Å². The van der Waals surface area contributed by atoms with Gasteiger partial charge in [0.1, 0.15) is 5.76 Å². The predicted molar refractivity (Wildman–Crippen MR) is 96.0 cm³/mol. The van der Waals surface area contributed by atoms with Crippen LogP contribution in [0.2, 0.25) is 0 Å². The van der Waals surface area contributed by atoms with Gasteiger partial charge in [-0.05, 0) is 44.2 Å². The number of carbonyl (C=O) groups is 1. The number of hydrogen-bond acceptors (Lipinski definition) is 4. The normalized spacial score (nSPS) is 11.7. The molecule has 0 radical (unpaired) electrons. The summed E-state index contributed by atoms with van der Waals surface area (Å²) >= 11 is 1.12. The Morgan fingerprint density at radius 2 is 2.04 bits per heavy atom. The third-order valence-corrected chi connectivity index (χ3v) is 5.13. The molecule has 0 atom stereocenters. The maximum Gasteiger partial charge on any atom is 0.417 e. The Hall–Kier alpha value is -2.48. The van der Waals surface area contributed by atoms with Crippen molar-refractivity contribution in [1.29, 1.82) is 0 Å². The van der Waals surface area contributed by atoms with E-state index < -0.39 is 11.7 Å². The van der Waals surface area contributed by atoms with Crippen molar-refractivity contribution >= 4 is 17.5 Å². The van der Waals surface area contributed by atoms with Crippen LogP contribution < -0.4 is 0 Å². The first kappa shape index (κ1) is 19.3. The van der Waals surface area contributed by atoms with Crippen LogP contribution in [0.1, 0.15) is 33.1 Å². The number of furan rings is 1. The lowest BCUT2D eigenvalue weighted by molar-refractivity contribution is -0.137. The first-order valence-corrected chi connectivity index (χ1v) is 9.12. The fourth-order valence-electron chi connectivity index (χ4n) is 2.74. The van der Waals surface area contributed by atoms with Crippen LogP contribution in [0.15, 0.2) is 52.2 Å². The Kier molecular flexibility index (Phi) is 5.46. The molecule has 0 amide bonds. The van der Waals surface area contributed by atoms with Gasteiger partial charge in [-0.2, -0.15) is 13.2 Å². The van der Waals surface area contributed by atoms with Crippen molar-refractivity contribution in [3.63, 3.8) is 0 Å². The van der Waals surface area contributed by atoms with E-state index in [0.29, 0.717) is 17.1 Å². The van der Waals surface area contributed by atoms with Gasteiger partial charge in [0.15, 0.2) is 5.78 Å². The van der Waals surface area contributed by atoms with Crippen molar-refractivity contribution in [3.05, 3.63) is 71.1 Å². The molecular weight excluding hydrogens is 377 g/mol. The fraction of sp³-hybridized carbons (Fsp3) is 0.263. The molecule has 4 nitrogen and oxygen atoms in total. The highest BCUT2D eigenvalue weighted by atomic mass is 32.2. The summed E-state index contributed by atoms with van der Waals surface area (Å²) in [5, 5.41) is 0.376. The largest absolute Gasteiger partial charge is 0.467 e. The van der Waals surface area contributed by atoms with Gasteiger partial charge in [-0.3, -0.25) is 4.79 Å². The molecule has 0 saturated heterocycles. The molecule has 0 aliphatic heterocycles. The predicted octanol–water partition coefficient (Wildman–Crippen LogP) is 5.14. The van der Waals surface area contributed by atoms with Crippen molar-refractivity contribution in [2.75, 3.05) is 5.75 Å². The molecule has 0 N–H and O–H groups in total. The molecular formula is C19H17F3N2O2S. The van der Waals surface area contributed by atoms with E-state index in [1.807, 2.05) is 36.6 Å². The van der Waals surface area contributed by atoms with Crippen molar-refractivity contribution in [2.45, 2.75) is 31.6 Å². The molecule has 0 bridgehead atoms. The molecule has 0 aliphatic rings. The minimum absolute atomic E-state index is 0.0968. The van der Waals surface area contributed by atoms with E-state index in [9.17, 15) is 18.0 Å². The number of aromatic nitrogens is 2. The molecule has 0 aromatic carbocycles. The maximum absolute atomic E-state index is 12.6. The van der Waals surface area contributed by atoms with Crippen LogP contribution in [0, 0.1) is 13.8 Å². The zero-order valence-electron chi connectivity index (χ0n) is 14.7. The highest BCUT2D eigenvalue weighted by Gasteiger charge is 2.30. The Morgan fingerprint density at radius 3 is 2.63 bits per heavy atom. The third kappa shape index (κ3) is 4.44. The summed E-state index contributed by atoms with van der Waals surface area (Å²) in [6, 6.07) is 7.74. The number of aryl methyl sites for hydroxylation is 1. The summed E-state index contributed by atoms with van der Waals surface area (Å²) in [4.78, 5) is 16.3. The summed E-state index contributed by atoms with van der Waals surface area (Å²) in [7, 11) is 0. The van der Waals surface area contributed by atoms with Gasteiger partial charge in [0, 0.05) is 23.1 Å². The first-order valence-electron chi connectivity index (χ1n) is 8.14. The second-order valence-electron chi connectivity index (χ2n) is 6.05. The topological polar surface area (TPSA) is 48.0 Å². The number of Topliss-reactive ketones (excluding diaryl/α,β-unsaturated/α-hetero) is 1. The van der Waals surface area contributed by atoms with Gasteiger partial charge >= 0.3 is 6.18 Å². The quantitative estimate of drug-likeness (QED) is 0.429. The summed E-state index contributed by atoms with van der Waals surface area (Å²) in [6.45, 7) is 4.31. The van der Waals surface area contributed by atoms with Crippen LogP contribution in [-0.2, 0) is 12.7 Å². The lowest BCUT2D eigenvalue weighted by Crippen LogP contribution is -2.08. The lowest BCUT2D eigenvalue weighted by atomic mass is 10.2. The fourth-order valence-corrected chi connectivity index (χ4v) is 3.46. The van der Waals surface area contributed by atoms with Crippen molar-refractivity contribution in [2.24, 2.45) is 0 Å². The van der Waals surface area contributed by atoms with E-state index in [-0.39, 0.29) is 11.5 Å². The second-order valence-corrected chi connectivity index (χ2v) is 7.04. The van der Waals surface area contributed by atoms with Crippen LogP contribution in [0.4, 0.5) is 13.2 Å². The van der Waals surface area contributed by atoms with Gasteiger partial charge in [0.2, 0.25) is 0 Å². The van der Waals surface area contributed by atoms with Crippen LogP contribution >= 0.6 is 11.8 Å². The molecule has 0 aliphatic carbocycles. The minimum atomic E-state index is -4.42. The number of hydrogen-bond donors (Lipinski definition) is 0. The molecule has 3 heterocycles. The van der Waals surface area contributed by atoms with Gasteiger partial charge in [0.05, 0.1) is 29.2 Å². The zero-order chi connectivity index (χ0) is 19.6. The maximum atomic E-state index is 12.6. The number of carbonyl (C=O) groups excluding carboxylic acids is 1. The molecule has 0 fully saturated rings. The molecule has 3 aromatic rings. The number of pyridine rings is 1. The van der Waals surface area contributed by atoms with E-state index in [1.165, 1.54) is 6.07 Å². The first-order chi connectivity index (χ1) is 12.8. The summed E-state index contributed by atoms with van der Waals surface area (Å²) in [6.07, 6.45) is -2.04. The van der Waals surface area contributed by atoms with E-state index >= 15 is 0 Å². The van der Waals surface area contributed by atoms with Crippen molar-refractivity contribution in [1.82, 2.24) is 9.55 Å². The minimum Gasteiger partial charge on any atom is -0.467 e. The molecule has 3 aromatic heterocycles. The van der Waals surface area contributed by atoms with Gasteiger partial charge in [-0.1, -0.05) is 11.8 Å². The lowest BCUT2D eigenvalue weighted by Gasteiger charge is -2.08. The average molecular weight is 394 g/mol. The van der Waals surface area contributed by atoms with E-state index in [1.54, 1.807) is 6.26 Å². The second kappa shape index (κ2) is 7.64. The van der Waals surface area contributed by atoms with Crippen LogP contribution in [0.5, 0.6) is 0 Å². The molecule has 27 heavy (non-hydrogen) atoms. The molecule has 0 saturated carbocycles. The van der Waals surface area contributed by atoms with Gasteiger partial charge < -0.3 is 8.98 Å². The smallest absolute Gasteiger partial charge is 0.417 e. The molecule has 8 heteroatoms. The SMILES string of the molecule is Cc1cc(C(=O)CSc2ccc(C(F)(F)F)cn2)c(C)n1Cc1ccco1. The number of rotatable bonds is 6. The Labute approximate surface area is 158 Å². The van der Waals surface area contributed by atoms with Crippen molar-refractivity contribution < 1.29 is 22.4 Å². The molecule has 0 unspecified atom stereocenters. The summed E-state index contributed by atoms with van der Waals surface area (Å²) < 4.78 is 45.0. The van der Waals surface area contributed by atoms with Gasteiger partial charge in [-0.15, -0.1) is 0 Å². The van der Waals surface area contributed by atoms with Gasteiger partial charge in [-0.25, -0.2) is 4.98 Å². The van der Waals surface area contributed by atoms with Crippen LogP contribution in [0.25, 0.3) is 0 Å². The van der Waals surface area contributed by atoms with Crippen LogP contribution in [-0.4, -0.2) is 21.1 Å². The zero-order valence-corrected chi connectivity index (χ0v) is 15.5. The number of ketones is 1. The van der Waals surface area contributed by atoms with Crippen molar-refractivity contribution in [3.8, 4) is 0 Å². The molecule has 142 valence electrons. The summed E-state index contributed by atoms with van der Waals surface area (Å²) in [5.41, 5.74) is 1.55. The van der Waals surface area contributed by atoms with Crippen LogP contribution in [0.3, 0.4) is 0 Å². The Balaban J connectivity index is 1.68. The Morgan fingerprint density at radius 1 is 1.26 bits per heavy atom. The number of thioether (sulfide) groups is 1. The standard InChI is InChI=1S/C19H17F3N2O2S/c1-12-8-16(13(2)24(12)10-15-4-3-7-26-15)17(25)11-27-18-6-5-14(9-23-18)19(20,21)22/h3-9H,10-11H2,1-2H3. The molecule has 3 rings (SSSR count). The highest BCUT2D eigenvalue weighted by molar-refractivity contribution is 7.99. The third-order valence-electron chi connectivity index (χ3n) is 4.18. The van der Waals surface area contributed by atoms with E-state index in [4.69, 9.17) is 4.42 Å². The average Bonchev–Trinajstić information content (AvgIpc) is 3.23. The molecule has 0 spiro atoms. The van der Waals surface area contributed by atoms with Gasteiger partial charge in [0.25, 0.3) is 0 Å². The monoisotopic (exact) mass is 394 g/mol. The number of alkyl halides is 3. The Bertz CT molecular complexity index is 929. The number of nitrogens with zero attached hydrogens (tertiary/aromatic N) is 2. The van der Waals surface area contributed by atoms with E-state index in [0.717, 1.165) is 41.2 Å². The number of halogens is 3. The highest BCUT2D eigenvalue weighted by Crippen LogP contribution is 2.30.